The molecule has 17 heteroatoms. The molecule has 0 amide bonds. The van der Waals surface area contributed by atoms with E-state index in [1.165, 1.54) is 19.1 Å². The minimum atomic E-state index is -4.96. The van der Waals surface area contributed by atoms with Gasteiger partial charge in [0.15, 0.2) is 0 Å². The molecule has 0 bridgehead atoms. The highest BCUT2D eigenvalue weighted by atomic mass is 19.4. The molecule has 0 saturated carbocycles. The van der Waals surface area contributed by atoms with E-state index < -0.39 is 64.9 Å². The highest BCUT2D eigenvalue weighted by Crippen LogP contribution is 2.34. The van der Waals surface area contributed by atoms with Gasteiger partial charge in [-0.1, -0.05) is 42.5 Å². The van der Waals surface area contributed by atoms with Crippen molar-refractivity contribution in [3.63, 3.8) is 0 Å². The number of anilines is 1. The Morgan fingerprint density at radius 3 is 2.21 bits per heavy atom. The Kier molecular flexibility index (Phi) is 11.4. The topological polar surface area (TPSA) is 113 Å². The molecule has 0 unspecified atom stereocenters. The van der Waals surface area contributed by atoms with Crippen molar-refractivity contribution >= 4 is 11.7 Å². The Balaban J connectivity index is 1.54. The number of nitrogens with one attached hydrogen (secondary N) is 1. The number of carboxylic acids is 1. The summed E-state index contributed by atoms with van der Waals surface area (Å²) in [6.45, 7) is 1.04. The van der Waals surface area contributed by atoms with E-state index in [9.17, 15) is 40.7 Å². The van der Waals surface area contributed by atoms with E-state index in [4.69, 9.17) is 9.52 Å². The van der Waals surface area contributed by atoms with Crippen LogP contribution in [0.5, 0.6) is 0 Å². The minimum absolute atomic E-state index is 0.00876. The summed E-state index contributed by atoms with van der Waals surface area (Å²) in [5, 5.41) is 12.1. The average Bonchev–Trinajstić information content (AvgIpc) is 3.56. The maximum Gasteiger partial charge on any atom is 0.449 e. The maximum atomic E-state index is 15.1. The molecule has 0 aliphatic carbocycles. The molecule has 4 aromatic rings. The molecule has 52 heavy (non-hydrogen) atoms. The second-order valence-electron chi connectivity index (χ2n) is 12.1. The molecular weight excluding hydrogens is 703 g/mol. The average molecular weight is 738 g/mol. The monoisotopic (exact) mass is 737 g/mol. The first-order chi connectivity index (χ1) is 24.5. The number of nitrogens with zero attached hydrogens (tertiary/aromatic N) is 4. The highest BCUT2D eigenvalue weighted by molar-refractivity contribution is 5.79. The predicted molar refractivity (Wildman–Crippen MR) is 175 cm³/mol. The summed E-state index contributed by atoms with van der Waals surface area (Å²) in [5.74, 6) is -3.45. The third kappa shape index (κ3) is 8.82. The van der Waals surface area contributed by atoms with Gasteiger partial charge in [-0.3, -0.25) is 18.8 Å². The fraction of sp³-hybridized carbons (Fsp3) is 0.343. The zero-order valence-corrected chi connectivity index (χ0v) is 27.7. The van der Waals surface area contributed by atoms with Gasteiger partial charge < -0.3 is 19.7 Å². The third-order valence-electron chi connectivity index (χ3n) is 8.72. The number of aromatic nitrogens is 2. The zero-order chi connectivity index (χ0) is 37.8. The second kappa shape index (κ2) is 15.6. The molecule has 0 spiro atoms. The molecule has 1 atom stereocenters. The number of alkyl halides is 6. The van der Waals surface area contributed by atoms with E-state index in [1.54, 1.807) is 40.1 Å². The van der Waals surface area contributed by atoms with E-state index >= 15 is 4.39 Å². The molecule has 1 fully saturated rings. The van der Waals surface area contributed by atoms with Crippen molar-refractivity contribution < 1.29 is 45.1 Å². The van der Waals surface area contributed by atoms with Crippen molar-refractivity contribution in [2.75, 3.05) is 37.6 Å². The van der Waals surface area contributed by atoms with Gasteiger partial charge in [-0.15, -0.1) is 0 Å². The quantitative estimate of drug-likeness (QED) is 0.146. The van der Waals surface area contributed by atoms with Crippen LogP contribution >= 0.6 is 0 Å². The molecule has 2 N–H and O–H groups in total. The number of aliphatic carboxylic acids is 1. The van der Waals surface area contributed by atoms with Crippen molar-refractivity contribution in [3.8, 4) is 0 Å². The van der Waals surface area contributed by atoms with Crippen molar-refractivity contribution in [3.05, 3.63) is 133 Å². The highest BCUT2D eigenvalue weighted by Gasteiger charge is 2.36. The van der Waals surface area contributed by atoms with Crippen molar-refractivity contribution in [1.82, 2.24) is 19.4 Å². The van der Waals surface area contributed by atoms with Crippen LogP contribution in [0.3, 0.4) is 0 Å². The number of halogens is 7. The van der Waals surface area contributed by atoms with Gasteiger partial charge in [-0.25, -0.2) is 14.0 Å². The van der Waals surface area contributed by atoms with Crippen molar-refractivity contribution in [1.29, 1.82) is 0 Å². The Morgan fingerprint density at radius 2 is 1.60 bits per heavy atom. The standard InChI is InChI=1S/C35H34F7N5O5/c1-22-31(45-17-15-44(16-18-45)19-24-12-13-29(52-24)35(40,41)42)32(50)47(21-28(23-7-3-2-4-8-23)43-14-6-11-30(48)49)33(51)46(22)20-25-26(34(37,38)39)9-5-10-27(25)36/h2-13,28,43H,14-21H2,1H3,(H,48,49)/b11-6+/t28-/m0/s1. The molecule has 1 saturated heterocycles. The summed E-state index contributed by atoms with van der Waals surface area (Å²) in [6.07, 6.45) is -7.37. The first-order valence-corrected chi connectivity index (χ1v) is 16.0. The molecule has 1 aliphatic heterocycles. The number of furan rings is 1. The first-order valence-electron chi connectivity index (χ1n) is 16.0. The summed E-state index contributed by atoms with van der Waals surface area (Å²) in [4.78, 5) is 42.8. The molecule has 3 heterocycles. The van der Waals surface area contributed by atoms with Gasteiger partial charge in [0, 0.05) is 50.1 Å². The van der Waals surface area contributed by atoms with E-state index in [0.717, 1.165) is 33.4 Å². The summed E-state index contributed by atoms with van der Waals surface area (Å²) in [5.41, 5.74) is -3.25. The van der Waals surface area contributed by atoms with Crippen molar-refractivity contribution in [2.45, 2.75) is 45.0 Å². The van der Waals surface area contributed by atoms with Gasteiger partial charge >= 0.3 is 24.0 Å². The van der Waals surface area contributed by atoms with Crippen molar-refractivity contribution in [2.24, 2.45) is 0 Å². The van der Waals surface area contributed by atoms with Gasteiger partial charge in [0.25, 0.3) is 5.56 Å². The fourth-order valence-electron chi connectivity index (χ4n) is 6.13. The lowest BCUT2D eigenvalue weighted by Crippen LogP contribution is -2.51. The number of hydrogen-bond acceptors (Lipinski definition) is 7. The van der Waals surface area contributed by atoms with Crippen LogP contribution in [0, 0.1) is 12.7 Å². The molecular formula is C35H34F7N5O5. The predicted octanol–water partition coefficient (Wildman–Crippen LogP) is 5.43. The first kappa shape index (κ1) is 38.1. The van der Waals surface area contributed by atoms with Gasteiger partial charge in [0.05, 0.1) is 31.2 Å². The molecule has 0 radical (unpaired) electrons. The molecule has 1 aliphatic rings. The van der Waals surface area contributed by atoms with E-state index in [0.29, 0.717) is 11.6 Å². The van der Waals surface area contributed by atoms with Gasteiger partial charge in [-0.2, -0.15) is 26.3 Å². The molecule has 10 nitrogen and oxygen atoms in total. The minimum Gasteiger partial charge on any atom is -0.478 e. The lowest BCUT2D eigenvalue weighted by molar-refractivity contribution is -0.153. The smallest absolute Gasteiger partial charge is 0.449 e. The Labute approximate surface area is 292 Å². The molecule has 2 aromatic carbocycles. The Hall–Kier alpha value is -5.16. The van der Waals surface area contributed by atoms with Gasteiger partial charge in [0.1, 0.15) is 17.3 Å². The number of benzene rings is 2. The van der Waals surface area contributed by atoms with Gasteiger partial charge in [0.2, 0.25) is 5.76 Å². The zero-order valence-electron chi connectivity index (χ0n) is 27.7. The maximum absolute atomic E-state index is 15.1. The second-order valence-corrected chi connectivity index (χ2v) is 12.1. The number of hydrogen-bond donors (Lipinski definition) is 2. The van der Waals surface area contributed by atoms with Crippen LogP contribution in [0.2, 0.25) is 0 Å². The number of rotatable bonds is 12. The summed E-state index contributed by atoms with van der Waals surface area (Å²) in [6, 6.07) is 12.3. The Bertz CT molecular complexity index is 2030. The molecule has 2 aromatic heterocycles. The summed E-state index contributed by atoms with van der Waals surface area (Å²) in [7, 11) is 0. The van der Waals surface area contributed by atoms with Crippen LogP contribution in [0.25, 0.3) is 0 Å². The number of piperazine rings is 1. The van der Waals surface area contributed by atoms with E-state index in [-0.39, 0.29) is 63.0 Å². The molecule has 278 valence electrons. The van der Waals surface area contributed by atoms with Crippen LogP contribution in [0.15, 0.2) is 86.8 Å². The van der Waals surface area contributed by atoms with Gasteiger partial charge in [-0.05, 0) is 36.8 Å². The van der Waals surface area contributed by atoms with Crippen LogP contribution in [0.1, 0.15) is 39.9 Å². The third-order valence-corrected chi connectivity index (χ3v) is 8.72. The summed E-state index contributed by atoms with van der Waals surface area (Å²) >= 11 is 0. The largest absolute Gasteiger partial charge is 0.478 e. The van der Waals surface area contributed by atoms with Crippen LogP contribution < -0.4 is 21.5 Å². The normalized spacial score (nSPS) is 15.0. The van der Waals surface area contributed by atoms with E-state index in [1.807, 2.05) is 0 Å². The summed E-state index contributed by atoms with van der Waals surface area (Å²) < 4.78 is 103. The number of carbonyl (C=O) groups is 1. The fourth-order valence-corrected chi connectivity index (χ4v) is 6.13. The van der Waals surface area contributed by atoms with Crippen LogP contribution in [0.4, 0.5) is 36.4 Å². The van der Waals surface area contributed by atoms with Crippen LogP contribution in [-0.4, -0.2) is 57.8 Å². The number of carboxylic acid groups (broad SMARTS) is 1. The molecule has 5 rings (SSSR count). The lowest BCUT2D eigenvalue weighted by Gasteiger charge is -2.36. The SMILES string of the molecule is Cc1c(N2CCN(Cc3ccc(C(F)(F)F)o3)CC2)c(=O)n(C[C@H](NC/C=C/C(=O)O)c2ccccc2)c(=O)n1Cc1c(F)cccc1C(F)(F)F. The Morgan fingerprint density at radius 1 is 0.904 bits per heavy atom. The lowest BCUT2D eigenvalue weighted by atomic mass is 10.1. The van der Waals surface area contributed by atoms with Crippen LogP contribution in [-0.2, 0) is 36.8 Å². The van der Waals surface area contributed by atoms with E-state index in [2.05, 4.69) is 5.32 Å².